The first-order chi connectivity index (χ1) is 9.01. The smallest absolute Gasteiger partial charge is 0.198 e. The van der Waals surface area contributed by atoms with E-state index < -0.39 is 29.0 Å². The molecule has 19 heavy (non-hydrogen) atoms. The van der Waals surface area contributed by atoms with Gasteiger partial charge in [0.05, 0.1) is 0 Å². The van der Waals surface area contributed by atoms with Crippen molar-refractivity contribution in [2.75, 3.05) is 0 Å². The lowest BCUT2D eigenvalue weighted by atomic mass is 10.2. The minimum absolute atomic E-state index is 0.191. The van der Waals surface area contributed by atoms with Gasteiger partial charge in [-0.2, -0.15) is 0 Å². The van der Waals surface area contributed by atoms with E-state index in [9.17, 15) is 17.6 Å². The molecule has 2 aromatic rings. The summed E-state index contributed by atoms with van der Waals surface area (Å²) in [4.78, 5) is 0. The monoisotopic (exact) mass is 334 g/mol. The highest BCUT2D eigenvalue weighted by atomic mass is 79.9. The Hall–Kier alpha value is -1.56. The maximum absolute atomic E-state index is 13.6. The van der Waals surface area contributed by atoms with Gasteiger partial charge in [-0.05, 0) is 29.8 Å². The number of ether oxygens (including phenoxy) is 1. The second-order valence-corrected chi connectivity index (χ2v) is 4.26. The molecule has 100 valence electrons. The summed E-state index contributed by atoms with van der Waals surface area (Å²) in [7, 11) is 0. The lowest BCUT2D eigenvalue weighted by molar-refractivity contribution is 0.401. The van der Waals surface area contributed by atoms with Gasteiger partial charge in [-0.3, -0.25) is 0 Å². The van der Waals surface area contributed by atoms with E-state index in [0.717, 1.165) is 24.3 Å². The molecule has 0 aliphatic heterocycles. The summed E-state index contributed by atoms with van der Waals surface area (Å²) < 4.78 is 57.8. The van der Waals surface area contributed by atoms with Crippen LogP contribution in [0, 0.1) is 23.3 Å². The van der Waals surface area contributed by atoms with Crippen LogP contribution in [0.2, 0.25) is 0 Å². The van der Waals surface area contributed by atoms with E-state index in [2.05, 4.69) is 15.9 Å². The second-order valence-electron chi connectivity index (χ2n) is 3.70. The Morgan fingerprint density at radius 2 is 1.47 bits per heavy atom. The van der Waals surface area contributed by atoms with E-state index in [1.165, 1.54) is 0 Å². The Morgan fingerprint density at radius 3 is 2.00 bits per heavy atom. The molecule has 0 amide bonds. The molecular weight excluding hydrogens is 328 g/mol. The summed E-state index contributed by atoms with van der Waals surface area (Å²) in [5.41, 5.74) is 0.396. The number of hydrogen-bond donors (Lipinski definition) is 0. The molecule has 0 aliphatic carbocycles. The lowest BCUT2D eigenvalue weighted by Gasteiger charge is -2.09. The Balaban J connectivity index is 2.35. The fourth-order valence-corrected chi connectivity index (χ4v) is 1.77. The molecule has 0 N–H and O–H groups in total. The summed E-state index contributed by atoms with van der Waals surface area (Å²) in [6.45, 7) is 0. The average molecular weight is 335 g/mol. The quantitative estimate of drug-likeness (QED) is 0.571. The Bertz CT molecular complexity index is 593. The molecule has 0 spiro atoms. The highest BCUT2D eigenvalue weighted by Gasteiger charge is 2.14. The van der Waals surface area contributed by atoms with Crippen LogP contribution in [-0.2, 0) is 5.33 Å². The van der Waals surface area contributed by atoms with Gasteiger partial charge in [-0.15, -0.1) is 0 Å². The Kier molecular flexibility index (Phi) is 4.09. The molecule has 2 aromatic carbocycles. The van der Waals surface area contributed by atoms with Gasteiger partial charge in [0.2, 0.25) is 0 Å². The Labute approximate surface area is 114 Å². The van der Waals surface area contributed by atoms with E-state index in [4.69, 9.17) is 4.74 Å². The summed E-state index contributed by atoms with van der Waals surface area (Å²) in [5, 5.41) is 0.284. The van der Waals surface area contributed by atoms with E-state index in [1.54, 1.807) is 0 Å². The van der Waals surface area contributed by atoms with Gasteiger partial charge in [0.15, 0.2) is 29.0 Å². The number of alkyl halides is 1. The van der Waals surface area contributed by atoms with E-state index in [1.807, 2.05) is 0 Å². The van der Waals surface area contributed by atoms with Crippen molar-refractivity contribution >= 4 is 15.9 Å². The maximum atomic E-state index is 13.6. The van der Waals surface area contributed by atoms with Gasteiger partial charge in [0, 0.05) is 11.4 Å². The minimum atomic E-state index is -1.16. The van der Waals surface area contributed by atoms with Gasteiger partial charge in [0.25, 0.3) is 0 Å². The van der Waals surface area contributed by atoms with Crippen LogP contribution >= 0.6 is 15.9 Å². The molecule has 0 saturated carbocycles. The number of benzene rings is 2. The van der Waals surface area contributed by atoms with Crippen LogP contribution in [0.4, 0.5) is 17.6 Å². The van der Waals surface area contributed by atoms with Crippen LogP contribution in [0.15, 0.2) is 30.3 Å². The van der Waals surface area contributed by atoms with Crippen molar-refractivity contribution in [1.29, 1.82) is 0 Å². The SMILES string of the molecule is Fc1ccc(Oc2c(F)cc(CBr)cc2F)cc1F. The van der Waals surface area contributed by atoms with Crippen LogP contribution in [-0.4, -0.2) is 0 Å². The molecule has 0 saturated heterocycles. The molecule has 0 atom stereocenters. The van der Waals surface area contributed by atoms with Crippen LogP contribution < -0.4 is 4.74 Å². The second kappa shape index (κ2) is 5.61. The van der Waals surface area contributed by atoms with Gasteiger partial charge in [-0.1, -0.05) is 15.9 Å². The van der Waals surface area contributed by atoms with Crippen molar-refractivity contribution in [3.63, 3.8) is 0 Å². The fourth-order valence-electron chi connectivity index (χ4n) is 1.45. The van der Waals surface area contributed by atoms with E-state index in [0.29, 0.717) is 11.6 Å². The third-order valence-corrected chi connectivity index (χ3v) is 2.97. The molecule has 0 aromatic heterocycles. The number of halogens is 5. The highest BCUT2D eigenvalue weighted by molar-refractivity contribution is 9.08. The molecule has 0 bridgehead atoms. The van der Waals surface area contributed by atoms with Crippen molar-refractivity contribution in [2.45, 2.75) is 5.33 Å². The number of rotatable bonds is 3. The van der Waals surface area contributed by atoms with Gasteiger partial charge >= 0.3 is 0 Å². The van der Waals surface area contributed by atoms with E-state index >= 15 is 0 Å². The third kappa shape index (κ3) is 3.07. The fraction of sp³-hybridized carbons (Fsp3) is 0.0769. The van der Waals surface area contributed by atoms with E-state index in [-0.39, 0.29) is 11.1 Å². The molecule has 2 rings (SSSR count). The van der Waals surface area contributed by atoms with Crippen LogP contribution in [0.3, 0.4) is 0 Å². The largest absolute Gasteiger partial charge is 0.451 e. The number of hydrogen-bond acceptors (Lipinski definition) is 1. The van der Waals surface area contributed by atoms with Crippen LogP contribution in [0.25, 0.3) is 0 Å². The highest BCUT2D eigenvalue weighted by Crippen LogP contribution is 2.29. The minimum Gasteiger partial charge on any atom is -0.451 e. The molecule has 1 nitrogen and oxygen atoms in total. The average Bonchev–Trinajstić information content (AvgIpc) is 2.37. The zero-order valence-electron chi connectivity index (χ0n) is 9.39. The first-order valence-electron chi connectivity index (χ1n) is 5.18. The molecular formula is C13H7BrF4O. The van der Waals surface area contributed by atoms with Crippen molar-refractivity contribution in [3.05, 3.63) is 59.2 Å². The predicted octanol–water partition coefficient (Wildman–Crippen LogP) is 4.93. The molecule has 0 aliphatic rings. The molecule has 0 fully saturated rings. The first kappa shape index (κ1) is 13.9. The van der Waals surface area contributed by atoms with Gasteiger partial charge in [0.1, 0.15) is 5.75 Å². The summed E-state index contributed by atoms with van der Waals surface area (Å²) >= 11 is 3.07. The zero-order chi connectivity index (χ0) is 14.0. The van der Waals surface area contributed by atoms with Crippen molar-refractivity contribution in [2.24, 2.45) is 0 Å². The van der Waals surface area contributed by atoms with Crippen molar-refractivity contribution < 1.29 is 22.3 Å². The van der Waals surface area contributed by atoms with Gasteiger partial charge in [-0.25, -0.2) is 17.6 Å². The summed E-state index contributed by atoms with van der Waals surface area (Å²) in [5.74, 6) is -4.91. The van der Waals surface area contributed by atoms with Crippen molar-refractivity contribution in [3.8, 4) is 11.5 Å². The summed E-state index contributed by atoms with van der Waals surface area (Å²) in [6.07, 6.45) is 0. The van der Waals surface area contributed by atoms with Crippen molar-refractivity contribution in [1.82, 2.24) is 0 Å². The Morgan fingerprint density at radius 1 is 0.842 bits per heavy atom. The zero-order valence-corrected chi connectivity index (χ0v) is 11.0. The standard InChI is InChI=1S/C13H7BrF4O/c14-6-7-3-11(17)13(12(18)4-7)19-8-1-2-9(15)10(16)5-8/h1-5H,6H2. The third-order valence-electron chi connectivity index (χ3n) is 2.32. The lowest BCUT2D eigenvalue weighted by Crippen LogP contribution is -1.95. The molecule has 6 heteroatoms. The van der Waals surface area contributed by atoms with Crippen LogP contribution in [0.5, 0.6) is 11.5 Å². The molecule has 0 heterocycles. The summed E-state index contributed by atoms with van der Waals surface area (Å²) in [6, 6.07) is 4.79. The molecule has 0 unspecified atom stereocenters. The maximum Gasteiger partial charge on any atom is 0.198 e. The molecule has 0 radical (unpaired) electrons. The van der Waals surface area contributed by atoms with Crippen LogP contribution in [0.1, 0.15) is 5.56 Å². The first-order valence-corrected chi connectivity index (χ1v) is 6.30. The van der Waals surface area contributed by atoms with Gasteiger partial charge < -0.3 is 4.74 Å². The predicted molar refractivity (Wildman–Crippen MR) is 65.4 cm³/mol. The normalized spacial score (nSPS) is 10.6. The topological polar surface area (TPSA) is 9.23 Å².